The minimum Gasteiger partial charge on any atom is -0.495 e. The Morgan fingerprint density at radius 3 is 2.37 bits per heavy atom. The fraction of sp³-hybridized carbons (Fsp3) is 0.250. The number of aromatic nitrogens is 1. The van der Waals surface area contributed by atoms with Crippen molar-refractivity contribution in [3.05, 3.63) is 59.5 Å². The van der Waals surface area contributed by atoms with Gasteiger partial charge in [0.1, 0.15) is 16.4 Å². The lowest BCUT2D eigenvalue weighted by Gasteiger charge is -2.13. The molecular formula is C20H22N2O4S. The first kappa shape index (κ1) is 19.0. The molecule has 0 saturated carbocycles. The Bertz CT molecular complexity index is 1030. The van der Waals surface area contributed by atoms with E-state index in [0.29, 0.717) is 22.7 Å². The molecule has 0 aliphatic heterocycles. The number of anilines is 1. The number of ether oxygens (including phenoxy) is 1. The summed E-state index contributed by atoms with van der Waals surface area (Å²) in [5.74, 6) is 0.896. The fourth-order valence-electron chi connectivity index (χ4n) is 2.96. The first-order valence-electron chi connectivity index (χ1n) is 8.58. The summed E-state index contributed by atoms with van der Waals surface area (Å²) in [6.07, 6.45) is 0.889. The number of aryl methyl sites for hydroxylation is 3. The van der Waals surface area contributed by atoms with E-state index in [2.05, 4.69) is 9.88 Å². The molecule has 1 aromatic heterocycles. The third-order valence-electron chi connectivity index (χ3n) is 4.39. The van der Waals surface area contributed by atoms with Gasteiger partial charge in [-0.15, -0.1) is 0 Å². The zero-order valence-corrected chi connectivity index (χ0v) is 16.6. The lowest BCUT2D eigenvalue weighted by Crippen LogP contribution is -2.14. The number of sulfonamides is 1. The van der Waals surface area contributed by atoms with Gasteiger partial charge in [0.25, 0.3) is 10.0 Å². The van der Waals surface area contributed by atoms with E-state index < -0.39 is 10.0 Å². The molecule has 0 amide bonds. The number of rotatable bonds is 6. The van der Waals surface area contributed by atoms with Crippen LogP contribution in [0.15, 0.2) is 51.9 Å². The molecule has 0 fully saturated rings. The Hall–Kier alpha value is -2.80. The van der Waals surface area contributed by atoms with Crippen LogP contribution in [-0.4, -0.2) is 20.7 Å². The van der Waals surface area contributed by atoms with E-state index in [1.54, 1.807) is 37.3 Å². The van der Waals surface area contributed by atoms with Crippen molar-refractivity contribution in [2.75, 3.05) is 11.8 Å². The predicted molar refractivity (Wildman–Crippen MR) is 105 cm³/mol. The van der Waals surface area contributed by atoms with Crippen molar-refractivity contribution in [1.29, 1.82) is 0 Å². The number of benzene rings is 2. The van der Waals surface area contributed by atoms with Crippen LogP contribution in [-0.2, 0) is 16.4 Å². The molecule has 3 rings (SSSR count). The van der Waals surface area contributed by atoms with Gasteiger partial charge in [0, 0.05) is 11.3 Å². The zero-order valence-electron chi connectivity index (χ0n) is 15.7. The maximum Gasteiger partial charge on any atom is 0.265 e. The highest BCUT2D eigenvalue weighted by atomic mass is 32.2. The molecule has 0 unspecified atom stereocenters. The van der Waals surface area contributed by atoms with E-state index in [-0.39, 0.29) is 10.6 Å². The second-order valence-electron chi connectivity index (χ2n) is 6.22. The molecule has 6 nitrogen and oxygen atoms in total. The second-order valence-corrected chi connectivity index (χ2v) is 7.87. The Labute approximate surface area is 159 Å². The van der Waals surface area contributed by atoms with Crippen LogP contribution in [0.25, 0.3) is 11.1 Å². The molecule has 27 heavy (non-hydrogen) atoms. The van der Waals surface area contributed by atoms with Gasteiger partial charge in [0.2, 0.25) is 0 Å². The maximum atomic E-state index is 13.0. The highest BCUT2D eigenvalue weighted by Crippen LogP contribution is 2.34. The molecule has 2 aromatic carbocycles. The predicted octanol–water partition coefficient (Wildman–Crippen LogP) is 4.33. The average Bonchev–Trinajstić information content (AvgIpc) is 3.00. The quantitative estimate of drug-likeness (QED) is 0.682. The van der Waals surface area contributed by atoms with Crippen LogP contribution in [0.5, 0.6) is 5.75 Å². The third kappa shape index (κ3) is 3.83. The molecular weight excluding hydrogens is 364 g/mol. The third-order valence-corrected chi connectivity index (χ3v) is 5.79. The topological polar surface area (TPSA) is 81.4 Å². The average molecular weight is 386 g/mol. The second kappa shape index (κ2) is 7.44. The molecule has 1 N–H and O–H groups in total. The number of hydrogen-bond donors (Lipinski definition) is 1. The maximum absolute atomic E-state index is 13.0. The molecule has 7 heteroatoms. The van der Waals surface area contributed by atoms with Gasteiger partial charge in [-0.3, -0.25) is 4.72 Å². The Kier molecular flexibility index (Phi) is 5.23. The van der Waals surface area contributed by atoms with Gasteiger partial charge in [0.05, 0.1) is 12.8 Å². The summed E-state index contributed by atoms with van der Waals surface area (Å²) in [6, 6.07) is 12.3. The van der Waals surface area contributed by atoms with Gasteiger partial charge in [-0.05, 0) is 55.7 Å². The van der Waals surface area contributed by atoms with E-state index in [4.69, 9.17) is 9.26 Å². The van der Waals surface area contributed by atoms with Crippen molar-refractivity contribution in [3.8, 4) is 16.9 Å². The highest BCUT2D eigenvalue weighted by molar-refractivity contribution is 7.92. The molecule has 0 spiro atoms. The molecule has 142 valence electrons. The van der Waals surface area contributed by atoms with Crippen LogP contribution >= 0.6 is 0 Å². The summed E-state index contributed by atoms with van der Waals surface area (Å²) in [7, 11) is -2.40. The van der Waals surface area contributed by atoms with Crippen molar-refractivity contribution < 1.29 is 17.7 Å². The summed E-state index contributed by atoms with van der Waals surface area (Å²) < 4.78 is 39.1. The first-order chi connectivity index (χ1) is 12.9. The molecule has 0 radical (unpaired) electrons. The van der Waals surface area contributed by atoms with Crippen LogP contribution in [0, 0.1) is 13.8 Å². The fourth-order valence-corrected chi connectivity index (χ4v) is 4.21. The van der Waals surface area contributed by atoms with Crippen molar-refractivity contribution in [3.63, 3.8) is 0 Å². The van der Waals surface area contributed by atoms with Crippen LogP contribution in [0.2, 0.25) is 0 Å². The molecule has 0 aliphatic rings. The van der Waals surface area contributed by atoms with Gasteiger partial charge in [0.15, 0.2) is 0 Å². The van der Waals surface area contributed by atoms with Gasteiger partial charge in [-0.2, -0.15) is 0 Å². The Balaban J connectivity index is 2.03. The molecule has 0 bridgehead atoms. The molecule has 3 aromatic rings. The van der Waals surface area contributed by atoms with E-state index in [1.165, 1.54) is 7.11 Å². The van der Waals surface area contributed by atoms with Crippen molar-refractivity contribution in [1.82, 2.24) is 5.16 Å². The number of nitrogens with one attached hydrogen (secondary N) is 1. The standard InChI is InChI=1S/C20H22N2O4S/c1-5-15-6-9-17(10-7-15)22-27(23,24)19-12-16(8-11-18(19)25-4)20-13(2)21-26-14(20)3/h6-12,22H,5H2,1-4H3. The van der Waals surface area contributed by atoms with E-state index in [1.807, 2.05) is 26.0 Å². The van der Waals surface area contributed by atoms with Gasteiger partial charge in [-0.25, -0.2) is 8.42 Å². The summed E-state index contributed by atoms with van der Waals surface area (Å²) in [4.78, 5) is 0.0575. The van der Waals surface area contributed by atoms with Gasteiger partial charge in [-0.1, -0.05) is 30.3 Å². The molecule has 0 atom stereocenters. The smallest absolute Gasteiger partial charge is 0.265 e. The lowest BCUT2D eigenvalue weighted by molar-refractivity contribution is 0.393. The Morgan fingerprint density at radius 2 is 1.81 bits per heavy atom. The number of nitrogens with zero attached hydrogens (tertiary/aromatic N) is 1. The monoisotopic (exact) mass is 386 g/mol. The molecule has 0 saturated heterocycles. The minimum atomic E-state index is -3.84. The van der Waals surface area contributed by atoms with Crippen molar-refractivity contribution in [2.45, 2.75) is 32.1 Å². The van der Waals surface area contributed by atoms with E-state index in [9.17, 15) is 8.42 Å². The van der Waals surface area contributed by atoms with Crippen molar-refractivity contribution >= 4 is 15.7 Å². The normalized spacial score (nSPS) is 11.4. The highest BCUT2D eigenvalue weighted by Gasteiger charge is 2.22. The van der Waals surface area contributed by atoms with Gasteiger partial charge < -0.3 is 9.26 Å². The Morgan fingerprint density at radius 1 is 1.11 bits per heavy atom. The van der Waals surface area contributed by atoms with Crippen LogP contribution in [0.3, 0.4) is 0 Å². The SMILES string of the molecule is CCc1ccc(NS(=O)(=O)c2cc(-c3c(C)noc3C)ccc2OC)cc1. The molecule has 1 heterocycles. The summed E-state index contributed by atoms with van der Waals surface area (Å²) >= 11 is 0. The zero-order chi connectivity index (χ0) is 19.6. The molecule has 0 aliphatic carbocycles. The van der Waals surface area contributed by atoms with Gasteiger partial charge >= 0.3 is 0 Å². The summed E-state index contributed by atoms with van der Waals surface area (Å²) in [5, 5.41) is 3.94. The van der Waals surface area contributed by atoms with E-state index >= 15 is 0 Å². The van der Waals surface area contributed by atoms with Crippen LogP contribution in [0.4, 0.5) is 5.69 Å². The van der Waals surface area contributed by atoms with E-state index in [0.717, 1.165) is 17.5 Å². The van der Waals surface area contributed by atoms with Crippen LogP contribution in [0.1, 0.15) is 23.9 Å². The number of methoxy groups -OCH3 is 1. The first-order valence-corrected chi connectivity index (χ1v) is 10.1. The van der Waals surface area contributed by atoms with Crippen molar-refractivity contribution in [2.24, 2.45) is 0 Å². The summed E-state index contributed by atoms with van der Waals surface area (Å²) in [5.41, 5.74) is 3.81. The largest absolute Gasteiger partial charge is 0.495 e. The summed E-state index contributed by atoms with van der Waals surface area (Å²) in [6.45, 7) is 5.66. The number of hydrogen-bond acceptors (Lipinski definition) is 5. The minimum absolute atomic E-state index is 0.0575. The van der Waals surface area contributed by atoms with Crippen LogP contribution < -0.4 is 9.46 Å². The lowest BCUT2D eigenvalue weighted by atomic mass is 10.0.